The summed E-state index contributed by atoms with van der Waals surface area (Å²) in [7, 11) is 0. The van der Waals surface area contributed by atoms with Crippen LogP contribution in [0.2, 0.25) is 0 Å². The molecular formula is C24H18N2O5S. The molecule has 0 saturated heterocycles. The molecule has 1 N–H and O–H groups in total. The van der Waals surface area contributed by atoms with Gasteiger partial charge in [-0.15, -0.1) is 11.3 Å². The van der Waals surface area contributed by atoms with E-state index in [1.165, 1.54) is 11.3 Å². The number of thiophene rings is 1. The van der Waals surface area contributed by atoms with Gasteiger partial charge < -0.3 is 9.15 Å². The topological polar surface area (TPSA) is 98.5 Å². The fourth-order valence-corrected chi connectivity index (χ4v) is 3.56. The van der Waals surface area contributed by atoms with Crippen molar-refractivity contribution in [3.8, 4) is 22.8 Å². The molecular weight excluding hydrogens is 428 g/mol. The highest BCUT2D eigenvalue weighted by molar-refractivity contribution is 7.12. The first kappa shape index (κ1) is 21.2. The Kier molecular flexibility index (Phi) is 6.23. The Bertz CT molecular complexity index is 1260. The van der Waals surface area contributed by atoms with Crippen molar-refractivity contribution in [2.75, 3.05) is 6.61 Å². The molecule has 2 heterocycles. The van der Waals surface area contributed by atoms with E-state index in [0.29, 0.717) is 16.2 Å². The van der Waals surface area contributed by atoms with E-state index in [1.807, 2.05) is 31.2 Å². The number of hydrogen-bond donors (Lipinski definition) is 1. The maximum Gasteiger partial charge on any atom is 0.339 e. The van der Waals surface area contributed by atoms with Crippen LogP contribution in [0, 0.1) is 6.92 Å². The minimum atomic E-state index is -0.727. The van der Waals surface area contributed by atoms with Crippen LogP contribution in [-0.4, -0.2) is 29.4 Å². The molecule has 0 aliphatic rings. The van der Waals surface area contributed by atoms with E-state index in [0.717, 1.165) is 11.1 Å². The molecule has 4 rings (SSSR count). The number of nitrogens with one attached hydrogen (secondary N) is 1. The average molecular weight is 446 g/mol. The second kappa shape index (κ2) is 9.40. The molecule has 2 amide bonds. The van der Waals surface area contributed by atoms with Gasteiger partial charge >= 0.3 is 5.97 Å². The Morgan fingerprint density at radius 3 is 2.56 bits per heavy atom. The summed E-state index contributed by atoms with van der Waals surface area (Å²) in [6.45, 7) is 1.40. The van der Waals surface area contributed by atoms with Gasteiger partial charge in [0.15, 0.2) is 12.4 Å². The Morgan fingerprint density at radius 1 is 1.03 bits per heavy atom. The normalized spacial score (nSPS) is 10.5. The molecule has 0 fully saturated rings. The van der Waals surface area contributed by atoms with Gasteiger partial charge in [0.1, 0.15) is 0 Å². The van der Waals surface area contributed by atoms with Gasteiger partial charge in [-0.3, -0.25) is 14.9 Å². The lowest BCUT2D eigenvalue weighted by atomic mass is 10.1. The summed E-state index contributed by atoms with van der Waals surface area (Å²) in [5.41, 5.74) is 2.62. The fraction of sp³-hybridized carbons (Fsp3) is 0.0833. The molecule has 0 spiro atoms. The van der Waals surface area contributed by atoms with Crippen LogP contribution < -0.4 is 5.32 Å². The van der Waals surface area contributed by atoms with Crippen LogP contribution in [0.1, 0.15) is 25.6 Å². The van der Waals surface area contributed by atoms with Gasteiger partial charge in [0.05, 0.1) is 22.2 Å². The molecule has 2 aromatic heterocycles. The molecule has 0 aliphatic heterocycles. The van der Waals surface area contributed by atoms with Crippen molar-refractivity contribution in [1.29, 1.82) is 0 Å². The van der Waals surface area contributed by atoms with E-state index < -0.39 is 24.4 Å². The van der Waals surface area contributed by atoms with Gasteiger partial charge in [0.25, 0.3) is 11.8 Å². The highest BCUT2D eigenvalue weighted by Gasteiger charge is 2.20. The van der Waals surface area contributed by atoms with Crippen molar-refractivity contribution in [3.05, 3.63) is 88.2 Å². The van der Waals surface area contributed by atoms with Crippen molar-refractivity contribution in [3.63, 3.8) is 0 Å². The molecule has 160 valence electrons. The van der Waals surface area contributed by atoms with Crippen LogP contribution in [0.5, 0.6) is 0 Å². The Balaban J connectivity index is 1.45. The first-order chi connectivity index (χ1) is 15.5. The molecule has 0 saturated carbocycles. The van der Waals surface area contributed by atoms with Crippen LogP contribution in [0.3, 0.4) is 0 Å². The number of hydrogen-bond acceptors (Lipinski definition) is 7. The smallest absolute Gasteiger partial charge is 0.339 e. The van der Waals surface area contributed by atoms with Crippen LogP contribution in [0.25, 0.3) is 22.8 Å². The molecule has 0 bridgehead atoms. The Hall–Kier alpha value is -4.04. The largest absolute Gasteiger partial charge is 0.452 e. The van der Waals surface area contributed by atoms with Crippen LogP contribution in [0.4, 0.5) is 0 Å². The van der Waals surface area contributed by atoms with Gasteiger partial charge in [0.2, 0.25) is 5.89 Å². The summed E-state index contributed by atoms with van der Waals surface area (Å²) in [5, 5.41) is 3.91. The van der Waals surface area contributed by atoms with Gasteiger partial charge in [-0.25, -0.2) is 9.78 Å². The zero-order chi connectivity index (χ0) is 22.5. The lowest BCUT2D eigenvalue weighted by molar-refractivity contribution is -0.123. The molecule has 8 heteroatoms. The quantitative estimate of drug-likeness (QED) is 0.438. The molecule has 2 aromatic carbocycles. The highest BCUT2D eigenvalue weighted by Crippen LogP contribution is 2.28. The van der Waals surface area contributed by atoms with Crippen molar-refractivity contribution in [2.45, 2.75) is 6.92 Å². The molecule has 32 heavy (non-hydrogen) atoms. The molecule has 4 aromatic rings. The number of ether oxygens (including phenoxy) is 1. The number of amides is 2. The predicted molar refractivity (Wildman–Crippen MR) is 119 cm³/mol. The zero-order valence-electron chi connectivity index (χ0n) is 17.0. The van der Waals surface area contributed by atoms with Crippen LogP contribution in [0.15, 0.2) is 76.7 Å². The van der Waals surface area contributed by atoms with E-state index >= 15 is 0 Å². The minimum Gasteiger partial charge on any atom is -0.452 e. The first-order valence-corrected chi connectivity index (χ1v) is 10.6. The van der Waals surface area contributed by atoms with Crippen molar-refractivity contribution in [2.24, 2.45) is 0 Å². The number of carbonyl (C=O) groups is 3. The first-order valence-electron chi connectivity index (χ1n) is 9.68. The maximum atomic E-state index is 12.6. The number of esters is 1. The van der Waals surface area contributed by atoms with Crippen molar-refractivity contribution < 1.29 is 23.5 Å². The van der Waals surface area contributed by atoms with Gasteiger partial charge in [-0.1, -0.05) is 48.0 Å². The zero-order valence-corrected chi connectivity index (χ0v) is 17.8. The number of benzene rings is 2. The molecule has 0 atom stereocenters. The maximum absolute atomic E-state index is 12.6. The lowest BCUT2D eigenvalue weighted by Gasteiger charge is -2.08. The minimum absolute atomic E-state index is 0.196. The third-order valence-corrected chi connectivity index (χ3v) is 5.42. The van der Waals surface area contributed by atoms with Crippen LogP contribution in [-0.2, 0) is 9.53 Å². The SMILES string of the molecule is Cc1ccc(-c2cnc(-c3ccccc3C(=O)OCC(=O)NC(=O)c3cccs3)o2)cc1. The summed E-state index contributed by atoms with van der Waals surface area (Å²) in [6.07, 6.45) is 1.59. The number of imide groups is 1. The second-order valence-electron chi connectivity index (χ2n) is 6.87. The number of nitrogens with zero attached hydrogens (tertiary/aromatic N) is 1. The summed E-state index contributed by atoms with van der Waals surface area (Å²) in [5.74, 6) is -1.16. The third-order valence-electron chi connectivity index (χ3n) is 4.55. The summed E-state index contributed by atoms with van der Waals surface area (Å²) in [6, 6.07) is 17.7. The number of rotatable bonds is 6. The van der Waals surface area contributed by atoms with Crippen molar-refractivity contribution >= 4 is 29.1 Å². The van der Waals surface area contributed by atoms with Gasteiger partial charge in [-0.05, 0) is 30.5 Å². The molecule has 7 nitrogen and oxygen atoms in total. The van der Waals surface area contributed by atoms with Crippen LogP contribution >= 0.6 is 11.3 Å². The van der Waals surface area contributed by atoms with E-state index in [2.05, 4.69) is 10.3 Å². The number of aromatic nitrogens is 1. The predicted octanol–water partition coefficient (Wildman–Crippen LogP) is 4.49. The second-order valence-corrected chi connectivity index (χ2v) is 7.82. The molecule has 0 radical (unpaired) electrons. The highest BCUT2D eigenvalue weighted by atomic mass is 32.1. The summed E-state index contributed by atoms with van der Waals surface area (Å²) < 4.78 is 11.0. The number of oxazole rings is 1. The third kappa shape index (κ3) is 4.81. The van der Waals surface area contributed by atoms with E-state index in [-0.39, 0.29) is 11.5 Å². The standard InChI is InChI=1S/C24H18N2O5S/c1-15-8-10-16(11-9-15)19-13-25-23(31-19)17-5-2-3-6-18(17)24(29)30-14-21(27)26-22(28)20-7-4-12-32-20/h2-13H,14H2,1H3,(H,26,27,28). The van der Waals surface area contributed by atoms with Gasteiger partial charge in [0, 0.05) is 5.56 Å². The molecule has 0 unspecified atom stereocenters. The summed E-state index contributed by atoms with van der Waals surface area (Å²) in [4.78, 5) is 41.2. The monoisotopic (exact) mass is 446 g/mol. The average Bonchev–Trinajstić information content (AvgIpc) is 3.50. The number of carbonyl (C=O) groups excluding carboxylic acids is 3. The fourth-order valence-electron chi connectivity index (χ4n) is 2.94. The number of aryl methyl sites for hydroxylation is 1. The van der Waals surface area contributed by atoms with Crippen molar-refractivity contribution in [1.82, 2.24) is 10.3 Å². The van der Waals surface area contributed by atoms with Gasteiger partial charge in [-0.2, -0.15) is 0 Å². The Labute approximate surface area is 187 Å². The molecule has 0 aliphatic carbocycles. The van der Waals surface area contributed by atoms with E-state index in [1.54, 1.807) is 48.0 Å². The summed E-state index contributed by atoms with van der Waals surface area (Å²) >= 11 is 1.21. The lowest BCUT2D eigenvalue weighted by Crippen LogP contribution is -2.33. The van der Waals surface area contributed by atoms with E-state index in [4.69, 9.17) is 9.15 Å². The van der Waals surface area contributed by atoms with E-state index in [9.17, 15) is 14.4 Å². The Morgan fingerprint density at radius 2 is 1.81 bits per heavy atom.